The zero-order valence-corrected chi connectivity index (χ0v) is 10.2. The van der Waals surface area contributed by atoms with Gasteiger partial charge in [-0.25, -0.2) is 9.78 Å². The van der Waals surface area contributed by atoms with E-state index >= 15 is 0 Å². The maximum Gasteiger partial charge on any atom is 0.354 e. The van der Waals surface area contributed by atoms with E-state index in [4.69, 9.17) is 9.84 Å². The second-order valence-electron chi connectivity index (χ2n) is 4.05. The molecule has 0 fully saturated rings. The number of carbonyl (C=O) groups is 1. The average molecular weight is 243 g/mol. The topological polar surface area (TPSA) is 59.4 Å². The van der Waals surface area contributed by atoms with Crippen molar-refractivity contribution in [1.82, 2.24) is 4.98 Å². The van der Waals surface area contributed by atoms with Crippen LogP contribution in [0.4, 0.5) is 0 Å². The van der Waals surface area contributed by atoms with Crippen molar-refractivity contribution in [2.24, 2.45) is 0 Å². The predicted octanol–water partition coefficient (Wildman–Crippen LogP) is 3.19. The molecule has 1 aromatic carbocycles. The molecule has 0 aliphatic carbocycles. The van der Waals surface area contributed by atoms with E-state index in [0.29, 0.717) is 11.5 Å². The smallest absolute Gasteiger partial charge is 0.354 e. The van der Waals surface area contributed by atoms with Crippen LogP contribution in [0.15, 0.2) is 36.5 Å². The van der Waals surface area contributed by atoms with Crippen LogP contribution in [0.5, 0.6) is 11.5 Å². The lowest BCUT2D eigenvalue weighted by atomic mass is 10.1. The van der Waals surface area contributed by atoms with Gasteiger partial charge in [-0.2, -0.15) is 0 Å². The second-order valence-corrected chi connectivity index (χ2v) is 4.05. The maximum absolute atomic E-state index is 10.8. The van der Waals surface area contributed by atoms with Crippen LogP contribution in [0.3, 0.4) is 0 Å². The summed E-state index contributed by atoms with van der Waals surface area (Å²) in [5.41, 5.74) is 2.13. The van der Waals surface area contributed by atoms with E-state index in [2.05, 4.69) is 4.98 Å². The van der Waals surface area contributed by atoms with E-state index in [9.17, 15) is 4.79 Å². The first-order valence-electron chi connectivity index (χ1n) is 5.51. The summed E-state index contributed by atoms with van der Waals surface area (Å²) in [5.74, 6) is 0.110. The van der Waals surface area contributed by atoms with E-state index in [1.807, 2.05) is 32.0 Å². The Hall–Kier alpha value is -2.36. The van der Waals surface area contributed by atoms with Crippen LogP contribution in [0.2, 0.25) is 0 Å². The van der Waals surface area contributed by atoms with Crippen molar-refractivity contribution in [3.05, 3.63) is 53.3 Å². The second kappa shape index (κ2) is 4.87. The molecule has 0 saturated carbocycles. The number of aromatic carboxylic acids is 1. The fraction of sp³-hybridized carbons (Fsp3) is 0.143. The Bertz CT molecular complexity index is 593. The number of rotatable bonds is 3. The monoisotopic (exact) mass is 243 g/mol. The Morgan fingerprint density at radius 1 is 1.22 bits per heavy atom. The van der Waals surface area contributed by atoms with Gasteiger partial charge in [0.05, 0.1) is 0 Å². The minimum absolute atomic E-state index is 0.0303. The first-order chi connectivity index (χ1) is 8.56. The van der Waals surface area contributed by atoms with Gasteiger partial charge in [-0.3, -0.25) is 0 Å². The molecule has 4 nitrogen and oxygen atoms in total. The highest BCUT2D eigenvalue weighted by Crippen LogP contribution is 2.25. The molecule has 0 saturated heterocycles. The summed E-state index contributed by atoms with van der Waals surface area (Å²) < 4.78 is 5.65. The first kappa shape index (κ1) is 12.1. The van der Waals surface area contributed by atoms with Gasteiger partial charge in [0.2, 0.25) is 0 Å². The van der Waals surface area contributed by atoms with Crippen molar-refractivity contribution < 1.29 is 14.6 Å². The number of aryl methyl sites for hydroxylation is 2. The number of benzene rings is 1. The Morgan fingerprint density at radius 2 is 2.00 bits per heavy atom. The molecule has 1 heterocycles. The molecule has 18 heavy (non-hydrogen) atoms. The summed E-state index contributed by atoms with van der Waals surface area (Å²) >= 11 is 0. The van der Waals surface area contributed by atoms with E-state index in [1.54, 1.807) is 6.07 Å². The molecule has 92 valence electrons. The maximum atomic E-state index is 10.8. The largest absolute Gasteiger partial charge is 0.477 e. The van der Waals surface area contributed by atoms with E-state index in [0.717, 1.165) is 11.1 Å². The van der Waals surface area contributed by atoms with Crippen molar-refractivity contribution in [3.8, 4) is 11.5 Å². The Labute approximate surface area is 105 Å². The molecule has 0 bridgehead atoms. The van der Waals surface area contributed by atoms with Crippen molar-refractivity contribution in [2.75, 3.05) is 0 Å². The number of aromatic nitrogens is 1. The molecule has 0 aliphatic heterocycles. The van der Waals surface area contributed by atoms with Crippen LogP contribution in [0.1, 0.15) is 21.6 Å². The molecule has 0 radical (unpaired) electrons. The van der Waals surface area contributed by atoms with Crippen molar-refractivity contribution in [1.29, 1.82) is 0 Å². The highest BCUT2D eigenvalue weighted by atomic mass is 16.5. The Kier molecular flexibility index (Phi) is 3.28. The number of carboxylic acids is 1. The fourth-order valence-corrected chi connectivity index (χ4v) is 1.63. The molecule has 2 rings (SSSR count). The van der Waals surface area contributed by atoms with E-state index in [-0.39, 0.29) is 5.69 Å². The molecule has 1 N–H and O–H groups in total. The average Bonchev–Trinajstić information content (AvgIpc) is 2.33. The quantitative estimate of drug-likeness (QED) is 0.899. The normalized spacial score (nSPS) is 10.1. The van der Waals surface area contributed by atoms with Gasteiger partial charge in [0.1, 0.15) is 11.5 Å². The van der Waals surface area contributed by atoms with Crippen LogP contribution in [0, 0.1) is 13.8 Å². The van der Waals surface area contributed by atoms with Gasteiger partial charge < -0.3 is 9.84 Å². The zero-order chi connectivity index (χ0) is 13.1. The highest BCUT2D eigenvalue weighted by Gasteiger charge is 2.07. The summed E-state index contributed by atoms with van der Waals surface area (Å²) in [4.78, 5) is 14.5. The molecule has 0 aliphatic rings. The zero-order valence-electron chi connectivity index (χ0n) is 10.2. The highest BCUT2D eigenvalue weighted by molar-refractivity contribution is 5.85. The van der Waals surface area contributed by atoms with Gasteiger partial charge >= 0.3 is 5.97 Å². The van der Waals surface area contributed by atoms with Gasteiger partial charge in [-0.15, -0.1) is 0 Å². The third-order valence-electron chi connectivity index (χ3n) is 2.51. The lowest BCUT2D eigenvalue weighted by molar-refractivity contribution is 0.0690. The molecule has 0 atom stereocenters. The minimum atomic E-state index is -1.07. The van der Waals surface area contributed by atoms with Crippen LogP contribution < -0.4 is 4.74 Å². The van der Waals surface area contributed by atoms with Gasteiger partial charge in [-0.1, -0.05) is 17.7 Å². The fourth-order valence-electron chi connectivity index (χ4n) is 1.63. The third-order valence-corrected chi connectivity index (χ3v) is 2.51. The number of carboxylic acid groups (broad SMARTS) is 1. The lowest BCUT2D eigenvalue weighted by Gasteiger charge is -2.09. The molecule has 1 aromatic heterocycles. The van der Waals surface area contributed by atoms with Gasteiger partial charge in [0, 0.05) is 12.3 Å². The van der Waals surface area contributed by atoms with Crippen LogP contribution in [-0.2, 0) is 0 Å². The Balaban J connectivity index is 2.28. The van der Waals surface area contributed by atoms with E-state index < -0.39 is 5.97 Å². The number of hydrogen-bond acceptors (Lipinski definition) is 3. The lowest BCUT2D eigenvalue weighted by Crippen LogP contribution is -2.00. The Morgan fingerprint density at radius 3 is 2.67 bits per heavy atom. The first-order valence-corrected chi connectivity index (χ1v) is 5.51. The summed E-state index contributed by atoms with van der Waals surface area (Å²) in [6.45, 7) is 3.95. The molecular weight excluding hydrogens is 230 g/mol. The number of hydrogen-bond donors (Lipinski definition) is 1. The summed E-state index contributed by atoms with van der Waals surface area (Å²) in [7, 11) is 0. The number of ether oxygens (including phenoxy) is 1. The molecule has 0 amide bonds. The molecule has 0 spiro atoms. The SMILES string of the molecule is Cc1ccc(Oc2ccnc(C(=O)O)c2)c(C)c1. The third kappa shape index (κ3) is 2.66. The number of pyridine rings is 1. The summed E-state index contributed by atoms with van der Waals surface area (Å²) in [6, 6.07) is 8.86. The van der Waals surface area contributed by atoms with Crippen LogP contribution in [-0.4, -0.2) is 16.1 Å². The van der Waals surface area contributed by atoms with Gasteiger partial charge in [-0.05, 0) is 31.5 Å². The van der Waals surface area contributed by atoms with Crippen molar-refractivity contribution in [3.63, 3.8) is 0 Å². The minimum Gasteiger partial charge on any atom is -0.477 e. The van der Waals surface area contributed by atoms with Crippen molar-refractivity contribution >= 4 is 5.97 Å². The molecular formula is C14H13NO3. The predicted molar refractivity (Wildman–Crippen MR) is 67.2 cm³/mol. The number of nitrogens with zero attached hydrogens (tertiary/aromatic N) is 1. The summed E-state index contributed by atoms with van der Waals surface area (Å²) in [6.07, 6.45) is 1.42. The molecule has 2 aromatic rings. The molecule has 0 unspecified atom stereocenters. The summed E-state index contributed by atoms with van der Waals surface area (Å²) in [5, 5.41) is 8.85. The molecule has 4 heteroatoms. The van der Waals surface area contributed by atoms with Crippen molar-refractivity contribution in [2.45, 2.75) is 13.8 Å². The van der Waals surface area contributed by atoms with Gasteiger partial charge in [0.15, 0.2) is 5.69 Å². The van der Waals surface area contributed by atoms with E-state index in [1.165, 1.54) is 12.3 Å². The van der Waals surface area contributed by atoms with Gasteiger partial charge in [0.25, 0.3) is 0 Å². The van der Waals surface area contributed by atoms with Crippen LogP contribution in [0.25, 0.3) is 0 Å². The standard InChI is InChI=1S/C14H13NO3/c1-9-3-4-13(10(2)7-9)18-11-5-6-15-12(8-11)14(16)17/h3-8H,1-2H3,(H,16,17). The van der Waals surface area contributed by atoms with Crippen LogP contribution >= 0.6 is 0 Å².